The molecule has 6 nitrogen and oxygen atoms in total. The molecule has 0 aromatic heterocycles. The van der Waals surface area contributed by atoms with Gasteiger partial charge >= 0.3 is 0 Å². The van der Waals surface area contributed by atoms with Crippen molar-refractivity contribution in [1.82, 2.24) is 0 Å². The summed E-state index contributed by atoms with van der Waals surface area (Å²) >= 11 is 0. The summed E-state index contributed by atoms with van der Waals surface area (Å²) in [5.41, 5.74) is 4.00. The average molecular weight is 520 g/mol. The molecule has 1 N–H and O–H groups in total. The Bertz CT molecular complexity index is 1550. The minimum Gasteiger partial charge on any atom is -0.507 e. The molecule has 198 valence electrons. The Morgan fingerprint density at radius 1 is 0.795 bits per heavy atom. The molecule has 1 heterocycles. The Labute approximate surface area is 229 Å². The molecule has 4 aromatic rings. The van der Waals surface area contributed by atoms with Crippen LogP contribution in [0.5, 0.6) is 0 Å². The second kappa shape index (κ2) is 10.7. The SMILES string of the molecule is CCN(CC)c1ccc(C2/C(=C(/O)c3cccc4ccccc34)C(=O)C(=O)N2c2ccc(N(C)C)cc2)cc1. The Kier molecular flexibility index (Phi) is 7.11. The van der Waals surface area contributed by atoms with E-state index in [-0.39, 0.29) is 11.3 Å². The lowest BCUT2D eigenvalue weighted by Crippen LogP contribution is -2.29. The first-order chi connectivity index (χ1) is 18.8. The highest BCUT2D eigenvalue weighted by Gasteiger charge is 2.47. The van der Waals surface area contributed by atoms with Crippen LogP contribution in [-0.2, 0) is 9.59 Å². The summed E-state index contributed by atoms with van der Waals surface area (Å²) in [5.74, 6) is -1.53. The highest BCUT2D eigenvalue weighted by Crippen LogP contribution is 2.43. The number of anilines is 3. The second-order valence-corrected chi connectivity index (χ2v) is 9.87. The quantitative estimate of drug-likeness (QED) is 0.174. The Morgan fingerprint density at radius 3 is 2.05 bits per heavy atom. The molecule has 0 spiro atoms. The minimum absolute atomic E-state index is 0.0867. The summed E-state index contributed by atoms with van der Waals surface area (Å²) in [6.07, 6.45) is 0. The number of rotatable bonds is 7. The predicted octanol–water partition coefficient (Wildman–Crippen LogP) is 6.38. The van der Waals surface area contributed by atoms with Crippen molar-refractivity contribution >= 4 is 45.3 Å². The third-order valence-electron chi connectivity index (χ3n) is 7.47. The third kappa shape index (κ3) is 4.63. The monoisotopic (exact) mass is 519 g/mol. The van der Waals surface area contributed by atoms with Crippen molar-refractivity contribution in [3.8, 4) is 0 Å². The number of benzene rings is 4. The normalized spacial score (nSPS) is 16.6. The number of ketones is 1. The molecule has 1 amide bonds. The third-order valence-corrected chi connectivity index (χ3v) is 7.47. The van der Waals surface area contributed by atoms with Gasteiger partial charge in [-0.2, -0.15) is 0 Å². The van der Waals surface area contributed by atoms with Gasteiger partial charge in [-0.25, -0.2) is 0 Å². The molecular weight excluding hydrogens is 486 g/mol. The molecular formula is C33H33N3O3. The molecule has 0 saturated carbocycles. The van der Waals surface area contributed by atoms with Crippen molar-refractivity contribution in [3.63, 3.8) is 0 Å². The molecule has 1 atom stereocenters. The summed E-state index contributed by atoms with van der Waals surface area (Å²) in [6.45, 7) is 5.95. The molecule has 1 aliphatic rings. The first-order valence-electron chi connectivity index (χ1n) is 13.3. The van der Waals surface area contributed by atoms with Gasteiger partial charge in [0.05, 0.1) is 11.6 Å². The zero-order valence-electron chi connectivity index (χ0n) is 22.8. The van der Waals surface area contributed by atoms with E-state index in [4.69, 9.17) is 0 Å². The fourth-order valence-corrected chi connectivity index (χ4v) is 5.36. The van der Waals surface area contributed by atoms with Gasteiger partial charge in [0.2, 0.25) is 0 Å². The van der Waals surface area contributed by atoms with E-state index in [9.17, 15) is 14.7 Å². The fourth-order valence-electron chi connectivity index (χ4n) is 5.36. The second-order valence-electron chi connectivity index (χ2n) is 9.87. The van der Waals surface area contributed by atoms with Gasteiger partial charge in [0.1, 0.15) is 5.76 Å². The maximum atomic E-state index is 13.6. The minimum atomic E-state index is -0.778. The number of Topliss-reactive ketones (excluding diaryl/α,β-unsaturated/α-hetero) is 1. The fraction of sp³-hybridized carbons (Fsp3) is 0.212. The molecule has 0 radical (unpaired) electrons. The summed E-state index contributed by atoms with van der Waals surface area (Å²) in [5, 5.41) is 13.5. The molecule has 39 heavy (non-hydrogen) atoms. The lowest BCUT2D eigenvalue weighted by molar-refractivity contribution is -0.132. The average Bonchev–Trinajstić information content (AvgIpc) is 3.23. The zero-order valence-corrected chi connectivity index (χ0v) is 22.8. The van der Waals surface area contributed by atoms with Gasteiger partial charge in [0, 0.05) is 49.8 Å². The van der Waals surface area contributed by atoms with E-state index in [0.717, 1.165) is 40.8 Å². The van der Waals surface area contributed by atoms with Crippen LogP contribution in [0.1, 0.15) is 31.0 Å². The number of nitrogens with zero attached hydrogens (tertiary/aromatic N) is 3. The van der Waals surface area contributed by atoms with E-state index < -0.39 is 17.7 Å². The lowest BCUT2D eigenvalue weighted by atomic mass is 9.93. The molecule has 1 unspecified atom stereocenters. The number of aliphatic hydroxyl groups is 1. The molecule has 0 aliphatic carbocycles. The number of fused-ring (bicyclic) bond motifs is 1. The van der Waals surface area contributed by atoms with Crippen molar-refractivity contribution in [2.24, 2.45) is 0 Å². The summed E-state index contributed by atoms with van der Waals surface area (Å²) in [6, 6.07) is 27.9. The number of hydrogen-bond donors (Lipinski definition) is 1. The lowest BCUT2D eigenvalue weighted by Gasteiger charge is -2.27. The van der Waals surface area contributed by atoms with Gasteiger partial charge in [-0.15, -0.1) is 0 Å². The van der Waals surface area contributed by atoms with E-state index in [0.29, 0.717) is 11.3 Å². The smallest absolute Gasteiger partial charge is 0.300 e. The largest absolute Gasteiger partial charge is 0.507 e. The highest BCUT2D eigenvalue weighted by molar-refractivity contribution is 6.51. The van der Waals surface area contributed by atoms with E-state index in [2.05, 4.69) is 18.7 Å². The van der Waals surface area contributed by atoms with Crippen LogP contribution in [-0.4, -0.2) is 44.0 Å². The number of carbonyl (C=O) groups excluding carboxylic acids is 2. The molecule has 0 bridgehead atoms. The maximum absolute atomic E-state index is 13.6. The van der Waals surface area contributed by atoms with Gasteiger partial charge in [-0.05, 0) is 66.6 Å². The van der Waals surface area contributed by atoms with E-state index in [1.54, 1.807) is 6.07 Å². The maximum Gasteiger partial charge on any atom is 0.300 e. The van der Waals surface area contributed by atoms with Crippen LogP contribution in [0.25, 0.3) is 16.5 Å². The number of amides is 1. The van der Waals surface area contributed by atoms with Gasteiger partial charge in [0.15, 0.2) is 0 Å². The first kappa shape index (κ1) is 26.0. The van der Waals surface area contributed by atoms with Gasteiger partial charge in [0.25, 0.3) is 11.7 Å². The standard InChI is InChI=1S/C33H33N3O3/c1-5-35(6-2)25-16-14-23(15-17-25)30-29(31(37)28-13-9-11-22-10-7-8-12-27(22)28)32(38)33(39)36(30)26-20-18-24(19-21-26)34(3)4/h7-21,30,37H,5-6H2,1-4H3/b31-29-. The topological polar surface area (TPSA) is 64.1 Å². The van der Waals surface area contributed by atoms with E-state index in [1.807, 2.05) is 104 Å². The number of carbonyl (C=O) groups is 2. The Hall–Kier alpha value is -4.58. The predicted molar refractivity (Wildman–Crippen MR) is 160 cm³/mol. The van der Waals surface area contributed by atoms with Crippen LogP contribution in [0.15, 0.2) is 96.6 Å². The van der Waals surface area contributed by atoms with Crippen LogP contribution in [0.3, 0.4) is 0 Å². The van der Waals surface area contributed by atoms with Crippen LogP contribution in [0.2, 0.25) is 0 Å². The van der Waals surface area contributed by atoms with Crippen LogP contribution >= 0.6 is 0 Å². The van der Waals surface area contributed by atoms with Crippen LogP contribution in [0.4, 0.5) is 17.1 Å². The zero-order chi connectivity index (χ0) is 27.7. The molecule has 5 rings (SSSR count). The van der Waals surface area contributed by atoms with Crippen molar-refractivity contribution in [3.05, 3.63) is 108 Å². The van der Waals surface area contributed by atoms with Gasteiger partial charge in [-0.3, -0.25) is 14.5 Å². The Balaban J connectivity index is 1.71. The number of hydrogen-bond acceptors (Lipinski definition) is 5. The van der Waals surface area contributed by atoms with Gasteiger partial charge in [-0.1, -0.05) is 54.6 Å². The van der Waals surface area contributed by atoms with Crippen molar-refractivity contribution in [2.45, 2.75) is 19.9 Å². The first-order valence-corrected chi connectivity index (χ1v) is 13.3. The molecule has 6 heteroatoms. The van der Waals surface area contributed by atoms with Gasteiger partial charge < -0.3 is 14.9 Å². The molecule has 4 aromatic carbocycles. The number of aliphatic hydroxyl groups excluding tert-OH is 1. The Morgan fingerprint density at radius 2 is 1.41 bits per heavy atom. The summed E-state index contributed by atoms with van der Waals surface area (Å²) in [7, 11) is 3.89. The van der Waals surface area contributed by atoms with E-state index in [1.165, 1.54) is 4.90 Å². The van der Waals surface area contributed by atoms with Crippen molar-refractivity contribution in [2.75, 3.05) is 41.9 Å². The molecule has 1 fully saturated rings. The summed E-state index contributed by atoms with van der Waals surface area (Å²) in [4.78, 5) is 33.0. The highest BCUT2D eigenvalue weighted by atomic mass is 16.3. The van der Waals surface area contributed by atoms with Crippen molar-refractivity contribution in [1.29, 1.82) is 0 Å². The van der Waals surface area contributed by atoms with Crippen LogP contribution < -0.4 is 14.7 Å². The molecule has 1 aliphatic heterocycles. The van der Waals surface area contributed by atoms with E-state index >= 15 is 0 Å². The summed E-state index contributed by atoms with van der Waals surface area (Å²) < 4.78 is 0. The van der Waals surface area contributed by atoms with Crippen molar-refractivity contribution < 1.29 is 14.7 Å². The van der Waals surface area contributed by atoms with Crippen LogP contribution in [0, 0.1) is 0 Å². The molecule has 1 saturated heterocycles.